The van der Waals surface area contributed by atoms with E-state index in [-0.39, 0.29) is 0 Å². The number of hydrogen-bond donors (Lipinski definition) is 0. The van der Waals surface area contributed by atoms with E-state index < -0.39 is 37.4 Å². The first-order chi connectivity index (χ1) is 5.72. The number of alkyl halides is 6. The molecule has 1 rings (SSSR count). The van der Waals surface area contributed by atoms with Crippen molar-refractivity contribution in [1.29, 1.82) is 0 Å². The van der Waals surface area contributed by atoms with E-state index in [4.69, 9.17) is 0 Å². The highest BCUT2D eigenvalue weighted by Gasteiger charge is 2.64. The summed E-state index contributed by atoms with van der Waals surface area (Å²) in [4.78, 5) is 0. The van der Waals surface area contributed by atoms with Gasteiger partial charge in [-0.2, -0.15) is 8.78 Å². The zero-order chi connectivity index (χ0) is 10.3. The molecule has 1 unspecified atom stereocenters. The lowest BCUT2D eigenvalue weighted by Crippen LogP contribution is -2.58. The SMILES string of the molecule is FCC1(F)CC(F)(F)OCC1(F)F. The van der Waals surface area contributed by atoms with E-state index in [9.17, 15) is 26.3 Å². The Morgan fingerprint density at radius 3 is 2.00 bits per heavy atom. The maximum Gasteiger partial charge on any atom is 0.359 e. The van der Waals surface area contributed by atoms with Crippen molar-refractivity contribution < 1.29 is 31.1 Å². The van der Waals surface area contributed by atoms with Gasteiger partial charge in [0.15, 0.2) is 0 Å². The number of hydrogen-bond acceptors (Lipinski definition) is 1. The predicted octanol–water partition coefficient (Wildman–Crippen LogP) is 2.31. The fraction of sp³-hybridized carbons (Fsp3) is 1.00. The van der Waals surface area contributed by atoms with Crippen LogP contribution >= 0.6 is 0 Å². The lowest BCUT2D eigenvalue weighted by molar-refractivity contribution is -0.347. The van der Waals surface area contributed by atoms with Gasteiger partial charge >= 0.3 is 12.0 Å². The Balaban J connectivity index is 2.88. The van der Waals surface area contributed by atoms with Crippen LogP contribution in [0.3, 0.4) is 0 Å². The van der Waals surface area contributed by atoms with E-state index >= 15 is 0 Å². The number of halogens is 6. The first kappa shape index (κ1) is 10.6. The predicted molar refractivity (Wildman–Crippen MR) is 30.3 cm³/mol. The topological polar surface area (TPSA) is 9.23 Å². The summed E-state index contributed by atoms with van der Waals surface area (Å²) in [5.41, 5.74) is -3.82. The Hall–Kier alpha value is -0.460. The van der Waals surface area contributed by atoms with Crippen LogP contribution in [0, 0.1) is 0 Å². The van der Waals surface area contributed by atoms with Crippen molar-refractivity contribution in [3.05, 3.63) is 0 Å². The first-order valence-electron chi connectivity index (χ1n) is 3.37. The summed E-state index contributed by atoms with van der Waals surface area (Å²) < 4.78 is 77.7. The van der Waals surface area contributed by atoms with Gasteiger partial charge in [-0.15, -0.1) is 0 Å². The molecule has 1 atom stereocenters. The second-order valence-corrected chi connectivity index (χ2v) is 2.91. The Bertz CT molecular complexity index is 205. The van der Waals surface area contributed by atoms with Crippen molar-refractivity contribution in [2.45, 2.75) is 24.1 Å². The molecule has 0 aromatic rings. The summed E-state index contributed by atoms with van der Waals surface area (Å²) in [6.45, 7) is -3.96. The van der Waals surface area contributed by atoms with Crippen LogP contribution in [0.5, 0.6) is 0 Å². The van der Waals surface area contributed by atoms with Gasteiger partial charge in [-0.3, -0.25) is 0 Å². The highest BCUT2D eigenvalue weighted by Crippen LogP contribution is 2.46. The summed E-state index contributed by atoms with van der Waals surface area (Å²) in [6.07, 6.45) is -5.98. The van der Waals surface area contributed by atoms with Crippen molar-refractivity contribution in [2.24, 2.45) is 0 Å². The Morgan fingerprint density at radius 2 is 1.62 bits per heavy atom. The van der Waals surface area contributed by atoms with Crippen LogP contribution in [0.2, 0.25) is 0 Å². The Kier molecular flexibility index (Phi) is 2.26. The summed E-state index contributed by atoms with van der Waals surface area (Å²) in [5, 5.41) is 0. The number of rotatable bonds is 1. The van der Waals surface area contributed by atoms with Crippen molar-refractivity contribution in [3.63, 3.8) is 0 Å². The van der Waals surface area contributed by atoms with Gasteiger partial charge in [0.05, 0.1) is 6.42 Å². The number of ether oxygens (including phenoxy) is 1. The van der Waals surface area contributed by atoms with Crippen molar-refractivity contribution in [1.82, 2.24) is 0 Å². The molecule has 0 spiro atoms. The highest BCUT2D eigenvalue weighted by molar-refractivity contribution is 4.98. The van der Waals surface area contributed by atoms with Gasteiger partial charge in [0.25, 0.3) is 0 Å². The minimum atomic E-state index is -4.20. The monoisotopic (exact) mass is 208 g/mol. The fourth-order valence-corrected chi connectivity index (χ4v) is 0.977. The smallest absolute Gasteiger partial charge is 0.314 e. The van der Waals surface area contributed by atoms with Gasteiger partial charge in [0, 0.05) is 0 Å². The average Bonchev–Trinajstić information content (AvgIpc) is 1.98. The molecule has 1 nitrogen and oxygen atoms in total. The lowest BCUT2D eigenvalue weighted by Gasteiger charge is -2.38. The van der Waals surface area contributed by atoms with Crippen LogP contribution in [0.4, 0.5) is 26.3 Å². The third-order valence-electron chi connectivity index (χ3n) is 1.82. The van der Waals surface area contributed by atoms with Crippen molar-refractivity contribution in [2.75, 3.05) is 13.3 Å². The summed E-state index contributed by atoms with van der Waals surface area (Å²) in [5.74, 6) is -4.20. The highest BCUT2D eigenvalue weighted by atomic mass is 19.3. The molecule has 78 valence electrons. The van der Waals surface area contributed by atoms with Gasteiger partial charge in [-0.1, -0.05) is 0 Å². The maximum atomic E-state index is 12.9. The van der Waals surface area contributed by atoms with E-state index in [0.717, 1.165) is 0 Å². The van der Waals surface area contributed by atoms with Gasteiger partial charge in [0.1, 0.15) is 13.3 Å². The molecular weight excluding hydrogens is 202 g/mol. The summed E-state index contributed by atoms with van der Waals surface area (Å²) in [7, 11) is 0. The molecule has 0 bridgehead atoms. The third kappa shape index (κ3) is 1.74. The Labute approximate surface area is 69.7 Å². The van der Waals surface area contributed by atoms with Crippen LogP contribution in [0.1, 0.15) is 6.42 Å². The molecule has 0 N–H and O–H groups in total. The van der Waals surface area contributed by atoms with E-state index in [1.807, 2.05) is 0 Å². The second kappa shape index (κ2) is 2.76. The molecule has 7 heteroatoms. The molecule has 0 saturated carbocycles. The molecule has 1 aliphatic heterocycles. The summed E-state index contributed by atoms with van der Waals surface area (Å²) in [6, 6.07) is 0. The zero-order valence-electron chi connectivity index (χ0n) is 6.30. The molecule has 1 aliphatic rings. The minimum absolute atomic E-state index is 1.81. The molecular formula is C6H6F6O. The van der Waals surface area contributed by atoms with Gasteiger partial charge in [-0.25, -0.2) is 17.6 Å². The first-order valence-corrected chi connectivity index (χ1v) is 3.37. The molecule has 1 heterocycles. The van der Waals surface area contributed by atoms with Crippen LogP contribution in [-0.2, 0) is 4.74 Å². The molecule has 0 radical (unpaired) electrons. The standard InChI is InChI=1S/C6H6F6O/c7-2-4(8)1-6(11,12)13-3-5(4,9)10/h1-3H2. The Morgan fingerprint density at radius 1 is 1.08 bits per heavy atom. The quantitative estimate of drug-likeness (QED) is 0.601. The van der Waals surface area contributed by atoms with E-state index in [0.29, 0.717) is 0 Å². The van der Waals surface area contributed by atoms with Crippen LogP contribution in [-0.4, -0.2) is 31.0 Å². The van der Waals surface area contributed by atoms with E-state index in [1.165, 1.54) is 0 Å². The van der Waals surface area contributed by atoms with Crippen LogP contribution in [0.25, 0.3) is 0 Å². The van der Waals surface area contributed by atoms with Gasteiger partial charge in [-0.05, 0) is 0 Å². The molecule has 1 fully saturated rings. The van der Waals surface area contributed by atoms with Gasteiger partial charge in [0.2, 0.25) is 5.67 Å². The molecule has 0 aromatic carbocycles. The fourth-order valence-electron chi connectivity index (χ4n) is 0.977. The zero-order valence-corrected chi connectivity index (χ0v) is 6.30. The van der Waals surface area contributed by atoms with Gasteiger partial charge < -0.3 is 4.74 Å². The third-order valence-corrected chi connectivity index (χ3v) is 1.82. The maximum absolute atomic E-state index is 12.9. The molecule has 0 aliphatic carbocycles. The molecule has 1 saturated heterocycles. The van der Waals surface area contributed by atoms with Crippen LogP contribution < -0.4 is 0 Å². The second-order valence-electron chi connectivity index (χ2n) is 2.91. The van der Waals surface area contributed by atoms with Crippen molar-refractivity contribution in [3.8, 4) is 0 Å². The molecule has 0 amide bonds. The average molecular weight is 208 g/mol. The largest absolute Gasteiger partial charge is 0.359 e. The normalized spacial score (nSPS) is 37.4. The molecule has 13 heavy (non-hydrogen) atoms. The summed E-state index contributed by atoms with van der Waals surface area (Å²) >= 11 is 0. The van der Waals surface area contributed by atoms with E-state index in [2.05, 4.69) is 4.74 Å². The van der Waals surface area contributed by atoms with Crippen LogP contribution in [0.15, 0.2) is 0 Å². The lowest BCUT2D eigenvalue weighted by atomic mass is 9.93. The van der Waals surface area contributed by atoms with Crippen molar-refractivity contribution >= 4 is 0 Å². The minimum Gasteiger partial charge on any atom is -0.314 e. The van der Waals surface area contributed by atoms with E-state index in [1.54, 1.807) is 0 Å². The molecule has 0 aromatic heterocycles.